The van der Waals surface area contributed by atoms with E-state index in [2.05, 4.69) is 16.8 Å². The third-order valence-corrected chi connectivity index (χ3v) is 2.26. The summed E-state index contributed by atoms with van der Waals surface area (Å²) in [6.07, 6.45) is 3.49. The zero-order chi connectivity index (χ0) is 11.4. The highest BCUT2D eigenvalue weighted by Gasteiger charge is 2.01. The van der Waals surface area contributed by atoms with Crippen molar-refractivity contribution in [3.63, 3.8) is 0 Å². The van der Waals surface area contributed by atoms with Crippen molar-refractivity contribution in [3.8, 4) is 11.8 Å². The quantitative estimate of drug-likeness (QED) is 0.609. The van der Waals surface area contributed by atoms with Gasteiger partial charge in [0.15, 0.2) is 6.29 Å². The summed E-state index contributed by atoms with van der Waals surface area (Å²) in [7, 11) is 0. The van der Waals surface area contributed by atoms with Gasteiger partial charge in [-0.05, 0) is 12.1 Å². The van der Waals surface area contributed by atoms with Gasteiger partial charge in [0.25, 0.3) is 0 Å². The van der Waals surface area contributed by atoms with E-state index < -0.39 is 0 Å². The molecule has 0 bridgehead atoms. The van der Waals surface area contributed by atoms with Crippen molar-refractivity contribution in [2.75, 3.05) is 0 Å². The molecule has 0 aliphatic heterocycles. The summed E-state index contributed by atoms with van der Waals surface area (Å²) < 4.78 is 0. The fraction of sp³-hybridized carbons (Fsp3) is 0.0769. The molecule has 0 fully saturated rings. The van der Waals surface area contributed by atoms with Crippen LogP contribution in [0.1, 0.15) is 22.3 Å². The highest BCUT2D eigenvalue weighted by atomic mass is 16.1. The molecule has 2 rings (SSSR count). The van der Waals surface area contributed by atoms with Crippen LogP contribution >= 0.6 is 0 Å². The normalized spacial score (nSPS) is 9.50. The molecule has 0 unspecified atom stereocenters. The van der Waals surface area contributed by atoms with E-state index in [9.17, 15) is 9.59 Å². The summed E-state index contributed by atoms with van der Waals surface area (Å²) in [5, 5.41) is 0.885. The fourth-order valence-electron chi connectivity index (χ4n) is 1.52. The second-order valence-corrected chi connectivity index (χ2v) is 3.29. The first-order valence-electron chi connectivity index (χ1n) is 4.84. The summed E-state index contributed by atoms with van der Waals surface area (Å²) in [5.41, 5.74) is 2.34. The molecule has 1 aromatic heterocycles. The van der Waals surface area contributed by atoms with E-state index in [1.807, 2.05) is 18.2 Å². The molecule has 0 saturated heterocycles. The van der Waals surface area contributed by atoms with Crippen LogP contribution < -0.4 is 0 Å². The molecule has 3 heteroatoms. The van der Waals surface area contributed by atoms with Gasteiger partial charge < -0.3 is 9.78 Å². The minimum absolute atomic E-state index is 0.238. The zero-order valence-electron chi connectivity index (χ0n) is 8.49. The lowest BCUT2D eigenvalue weighted by atomic mass is 10.1. The van der Waals surface area contributed by atoms with Crippen molar-refractivity contribution in [2.45, 2.75) is 6.42 Å². The Morgan fingerprint density at radius 3 is 2.94 bits per heavy atom. The highest BCUT2D eigenvalue weighted by Crippen LogP contribution is 2.17. The topological polar surface area (TPSA) is 49.9 Å². The number of aromatic amines is 1. The van der Waals surface area contributed by atoms with E-state index in [4.69, 9.17) is 0 Å². The van der Waals surface area contributed by atoms with Crippen LogP contribution in [0.3, 0.4) is 0 Å². The standard InChI is InChI=1S/C13H9NO2/c15-6-2-1-3-10-4-5-12-11(9-16)8-14-13(12)7-10/h4-9,14H,2H2. The Kier molecular flexibility index (Phi) is 2.84. The molecule has 16 heavy (non-hydrogen) atoms. The smallest absolute Gasteiger partial charge is 0.152 e. The molecular formula is C13H9NO2. The molecular weight excluding hydrogens is 202 g/mol. The van der Waals surface area contributed by atoms with Crippen molar-refractivity contribution < 1.29 is 9.59 Å². The Morgan fingerprint density at radius 1 is 1.31 bits per heavy atom. The molecule has 0 radical (unpaired) electrons. The van der Waals surface area contributed by atoms with Gasteiger partial charge in [-0.25, -0.2) is 0 Å². The van der Waals surface area contributed by atoms with Crippen molar-refractivity contribution in [3.05, 3.63) is 35.5 Å². The second-order valence-electron chi connectivity index (χ2n) is 3.29. The Hall–Kier alpha value is -2.34. The van der Waals surface area contributed by atoms with Crippen LogP contribution in [-0.2, 0) is 4.79 Å². The molecule has 1 N–H and O–H groups in total. The first kappa shape index (κ1) is 10.2. The van der Waals surface area contributed by atoms with Gasteiger partial charge in [-0.1, -0.05) is 17.9 Å². The van der Waals surface area contributed by atoms with Crippen LogP contribution in [0.25, 0.3) is 10.9 Å². The number of H-pyrrole nitrogens is 1. The van der Waals surface area contributed by atoms with Crippen LogP contribution in [0.2, 0.25) is 0 Å². The predicted octanol–water partition coefficient (Wildman–Crippen LogP) is 1.92. The van der Waals surface area contributed by atoms with Crippen molar-refractivity contribution in [2.24, 2.45) is 0 Å². The number of carbonyl (C=O) groups is 2. The van der Waals surface area contributed by atoms with Crippen molar-refractivity contribution in [1.82, 2.24) is 4.98 Å². The van der Waals surface area contributed by atoms with Gasteiger partial charge >= 0.3 is 0 Å². The van der Waals surface area contributed by atoms with E-state index in [0.717, 1.165) is 29.0 Å². The minimum atomic E-state index is 0.238. The number of hydrogen-bond acceptors (Lipinski definition) is 2. The molecule has 1 heterocycles. The van der Waals surface area contributed by atoms with Crippen LogP contribution in [0.5, 0.6) is 0 Å². The van der Waals surface area contributed by atoms with Crippen LogP contribution in [-0.4, -0.2) is 17.6 Å². The summed E-state index contributed by atoms with van der Waals surface area (Å²) >= 11 is 0. The largest absolute Gasteiger partial charge is 0.360 e. The number of fused-ring (bicyclic) bond motifs is 1. The lowest BCUT2D eigenvalue weighted by Gasteiger charge is -1.92. The number of aromatic nitrogens is 1. The maximum Gasteiger partial charge on any atom is 0.152 e. The van der Waals surface area contributed by atoms with Gasteiger partial charge in [0.2, 0.25) is 0 Å². The number of hydrogen-bond donors (Lipinski definition) is 1. The molecule has 0 aliphatic rings. The maximum absolute atomic E-state index is 10.7. The highest BCUT2D eigenvalue weighted by molar-refractivity contribution is 5.97. The lowest BCUT2D eigenvalue weighted by molar-refractivity contribution is -0.107. The molecule has 0 atom stereocenters. The Morgan fingerprint density at radius 2 is 2.19 bits per heavy atom. The molecule has 0 spiro atoms. The lowest BCUT2D eigenvalue weighted by Crippen LogP contribution is -1.77. The Bertz CT molecular complexity index is 599. The van der Waals surface area contributed by atoms with Gasteiger partial charge in [-0.15, -0.1) is 0 Å². The van der Waals surface area contributed by atoms with E-state index in [1.54, 1.807) is 6.20 Å². The van der Waals surface area contributed by atoms with Gasteiger partial charge in [0.1, 0.15) is 6.29 Å². The Balaban J connectivity index is 2.42. The van der Waals surface area contributed by atoms with Crippen LogP contribution in [0.4, 0.5) is 0 Å². The zero-order valence-corrected chi connectivity index (χ0v) is 8.49. The third-order valence-electron chi connectivity index (χ3n) is 2.26. The number of rotatable bonds is 2. The molecule has 0 amide bonds. The van der Waals surface area contributed by atoms with Gasteiger partial charge in [-0.2, -0.15) is 0 Å². The number of nitrogens with one attached hydrogen (secondary N) is 1. The number of aldehydes is 2. The number of benzene rings is 1. The molecule has 1 aromatic carbocycles. The van der Waals surface area contributed by atoms with Gasteiger partial charge in [0, 0.05) is 28.2 Å². The van der Waals surface area contributed by atoms with E-state index in [1.165, 1.54) is 0 Å². The summed E-state index contributed by atoms with van der Waals surface area (Å²) in [6.45, 7) is 0. The molecule has 0 saturated carbocycles. The van der Waals surface area contributed by atoms with E-state index >= 15 is 0 Å². The SMILES string of the molecule is O=CCC#Cc1ccc2c(C=O)c[nH]c2c1. The van der Waals surface area contributed by atoms with Crippen molar-refractivity contribution in [1.29, 1.82) is 0 Å². The van der Waals surface area contributed by atoms with Gasteiger partial charge in [-0.3, -0.25) is 4.79 Å². The molecule has 78 valence electrons. The first-order chi connectivity index (χ1) is 7.85. The molecule has 2 aromatic rings. The van der Waals surface area contributed by atoms with Crippen LogP contribution in [0.15, 0.2) is 24.4 Å². The monoisotopic (exact) mass is 211 g/mol. The van der Waals surface area contributed by atoms with Crippen molar-refractivity contribution >= 4 is 23.5 Å². The Labute approximate surface area is 92.5 Å². The van der Waals surface area contributed by atoms with Gasteiger partial charge in [0.05, 0.1) is 6.42 Å². The summed E-state index contributed by atoms with van der Waals surface area (Å²) in [4.78, 5) is 23.8. The number of carbonyl (C=O) groups excluding carboxylic acids is 2. The molecule has 0 aliphatic carbocycles. The summed E-state index contributed by atoms with van der Waals surface area (Å²) in [6, 6.07) is 5.54. The average molecular weight is 211 g/mol. The predicted molar refractivity (Wildman–Crippen MR) is 61.2 cm³/mol. The fourth-order valence-corrected chi connectivity index (χ4v) is 1.52. The van der Waals surface area contributed by atoms with E-state index in [0.29, 0.717) is 5.56 Å². The second kappa shape index (κ2) is 4.45. The first-order valence-corrected chi connectivity index (χ1v) is 4.84. The average Bonchev–Trinajstić information content (AvgIpc) is 2.71. The summed E-state index contributed by atoms with van der Waals surface area (Å²) in [5.74, 6) is 5.61. The molecule has 3 nitrogen and oxygen atoms in total. The third kappa shape index (κ3) is 1.86. The van der Waals surface area contributed by atoms with Crippen LogP contribution in [0, 0.1) is 11.8 Å². The minimum Gasteiger partial charge on any atom is -0.360 e. The maximum atomic E-state index is 10.7. The van der Waals surface area contributed by atoms with E-state index in [-0.39, 0.29) is 6.42 Å².